The van der Waals surface area contributed by atoms with Gasteiger partial charge in [0, 0.05) is 11.4 Å². The van der Waals surface area contributed by atoms with Crippen molar-refractivity contribution in [3.05, 3.63) is 24.0 Å². The highest BCUT2D eigenvalue weighted by atomic mass is 19.1. The molecule has 14 heavy (non-hydrogen) atoms. The Morgan fingerprint density at radius 3 is 2.64 bits per heavy atom. The molecule has 3 nitrogen and oxygen atoms in total. The third-order valence-electron chi connectivity index (χ3n) is 2.49. The fraction of sp³-hybridized carbons (Fsp3) is 0.400. The third kappa shape index (κ3) is 1.80. The van der Waals surface area contributed by atoms with E-state index in [-0.39, 0.29) is 18.0 Å². The molecule has 4 heteroatoms. The Balaban J connectivity index is 2.16. The lowest BCUT2D eigenvalue weighted by atomic mass is 10.2. The van der Waals surface area contributed by atoms with Gasteiger partial charge >= 0.3 is 0 Å². The summed E-state index contributed by atoms with van der Waals surface area (Å²) in [6, 6.07) is 4.31. The molecule has 76 valence electrons. The first kappa shape index (κ1) is 9.27. The quantitative estimate of drug-likeness (QED) is 0.639. The largest absolute Gasteiger partial charge is 0.399 e. The molecule has 0 saturated heterocycles. The fourth-order valence-corrected chi connectivity index (χ4v) is 1.46. The van der Waals surface area contributed by atoms with E-state index in [0.29, 0.717) is 11.4 Å². The second-order valence-electron chi connectivity index (χ2n) is 3.84. The minimum Gasteiger partial charge on any atom is -0.399 e. The SMILES string of the molecule is Nc1cc(F)cc(NC2(CO)CC2)c1. The highest BCUT2D eigenvalue weighted by Gasteiger charge is 2.41. The van der Waals surface area contributed by atoms with Gasteiger partial charge in [-0.3, -0.25) is 0 Å². The van der Waals surface area contributed by atoms with Crippen LogP contribution < -0.4 is 11.1 Å². The van der Waals surface area contributed by atoms with Gasteiger partial charge in [0.2, 0.25) is 0 Å². The maximum atomic E-state index is 12.9. The molecule has 0 heterocycles. The number of benzene rings is 1. The van der Waals surface area contributed by atoms with Crippen LogP contribution in [0.25, 0.3) is 0 Å². The normalized spacial score (nSPS) is 17.9. The van der Waals surface area contributed by atoms with Crippen molar-refractivity contribution in [1.29, 1.82) is 0 Å². The summed E-state index contributed by atoms with van der Waals surface area (Å²) >= 11 is 0. The number of aliphatic hydroxyl groups excluding tert-OH is 1. The Labute approximate surface area is 81.7 Å². The van der Waals surface area contributed by atoms with Crippen molar-refractivity contribution in [3.63, 3.8) is 0 Å². The van der Waals surface area contributed by atoms with E-state index in [2.05, 4.69) is 5.32 Å². The van der Waals surface area contributed by atoms with Crippen LogP contribution in [0.3, 0.4) is 0 Å². The molecular weight excluding hydrogens is 183 g/mol. The first-order valence-electron chi connectivity index (χ1n) is 4.59. The zero-order valence-electron chi connectivity index (χ0n) is 7.76. The van der Waals surface area contributed by atoms with Crippen molar-refractivity contribution >= 4 is 11.4 Å². The van der Waals surface area contributed by atoms with E-state index >= 15 is 0 Å². The molecule has 4 N–H and O–H groups in total. The smallest absolute Gasteiger partial charge is 0.127 e. The van der Waals surface area contributed by atoms with Gasteiger partial charge in [-0.2, -0.15) is 0 Å². The highest BCUT2D eigenvalue weighted by Crippen LogP contribution is 2.38. The summed E-state index contributed by atoms with van der Waals surface area (Å²) in [4.78, 5) is 0. The fourth-order valence-electron chi connectivity index (χ4n) is 1.46. The summed E-state index contributed by atoms with van der Waals surface area (Å²) in [6.45, 7) is 0.0728. The van der Waals surface area contributed by atoms with Crippen molar-refractivity contribution in [2.24, 2.45) is 0 Å². The molecule has 1 aromatic rings. The van der Waals surface area contributed by atoms with Crippen LogP contribution in [0.4, 0.5) is 15.8 Å². The predicted molar refractivity (Wildman–Crippen MR) is 53.5 cm³/mol. The molecule has 0 amide bonds. The van der Waals surface area contributed by atoms with Crippen LogP contribution in [0.5, 0.6) is 0 Å². The molecule has 0 aromatic heterocycles. The van der Waals surface area contributed by atoms with Crippen LogP contribution in [-0.4, -0.2) is 17.3 Å². The number of nitrogens with one attached hydrogen (secondary N) is 1. The van der Waals surface area contributed by atoms with Crippen LogP contribution in [0.15, 0.2) is 18.2 Å². The minimum atomic E-state index is -0.360. The van der Waals surface area contributed by atoms with E-state index in [1.165, 1.54) is 12.1 Å². The molecule has 0 bridgehead atoms. The molecule has 1 saturated carbocycles. The number of hydrogen-bond donors (Lipinski definition) is 3. The number of nitrogen functional groups attached to an aromatic ring is 1. The summed E-state index contributed by atoms with van der Waals surface area (Å²) in [7, 11) is 0. The topological polar surface area (TPSA) is 58.3 Å². The summed E-state index contributed by atoms with van der Waals surface area (Å²) in [5, 5.41) is 12.2. The second-order valence-corrected chi connectivity index (χ2v) is 3.84. The average molecular weight is 196 g/mol. The van der Waals surface area contributed by atoms with Gasteiger partial charge in [0.15, 0.2) is 0 Å². The maximum Gasteiger partial charge on any atom is 0.127 e. The van der Waals surface area contributed by atoms with Crippen LogP contribution >= 0.6 is 0 Å². The van der Waals surface area contributed by atoms with Crippen LogP contribution in [0.2, 0.25) is 0 Å². The van der Waals surface area contributed by atoms with Gasteiger partial charge in [0.05, 0.1) is 12.1 Å². The molecule has 1 aliphatic rings. The summed E-state index contributed by atoms with van der Waals surface area (Å²) in [5.74, 6) is -0.360. The zero-order chi connectivity index (χ0) is 10.2. The molecule has 0 aliphatic heterocycles. The number of hydrogen-bond acceptors (Lipinski definition) is 3. The zero-order valence-corrected chi connectivity index (χ0v) is 7.76. The summed E-state index contributed by atoms with van der Waals surface area (Å²) < 4.78 is 12.9. The van der Waals surface area contributed by atoms with Gasteiger partial charge in [-0.15, -0.1) is 0 Å². The van der Waals surface area contributed by atoms with E-state index in [1.54, 1.807) is 6.07 Å². The lowest BCUT2D eigenvalue weighted by Crippen LogP contribution is -2.25. The molecule has 0 spiro atoms. The molecule has 1 aliphatic carbocycles. The minimum absolute atomic E-state index is 0.0728. The van der Waals surface area contributed by atoms with Gasteiger partial charge in [-0.1, -0.05) is 0 Å². The Kier molecular flexibility index (Phi) is 2.07. The van der Waals surface area contributed by atoms with Crippen molar-refractivity contribution < 1.29 is 9.50 Å². The van der Waals surface area contributed by atoms with Gasteiger partial charge in [-0.25, -0.2) is 4.39 Å². The van der Waals surface area contributed by atoms with E-state index in [1.807, 2.05) is 0 Å². The van der Waals surface area contributed by atoms with Gasteiger partial charge < -0.3 is 16.2 Å². The van der Waals surface area contributed by atoms with E-state index in [4.69, 9.17) is 10.8 Å². The van der Waals surface area contributed by atoms with E-state index in [0.717, 1.165) is 12.8 Å². The molecule has 0 radical (unpaired) electrons. The Hall–Kier alpha value is -1.29. The average Bonchev–Trinajstić information content (AvgIpc) is 2.83. The monoisotopic (exact) mass is 196 g/mol. The molecular formula is C10H13FN2O. The number of nitrogens with two attached hydrogens (primary N) is 1. The van der Waals surface area contributed by atoms with Crippen molar-refractivity contribution in [2.45, 2.75) is 18.4 Å². The van der Waals surface area contributed by atoms with E-state index in [9.17, 15) is 4.39 Å². The summed E-state index contributed by atoms with van der Waals surface area (Å²) in [5.41, 5.74) is 6.29. The van der Waals surface area contributed by atoms with E-state index < -0.39 is 0 Å². The first-order chi connectivity index (χ1) is 6.63. The highest BCUT2D eigenvalue weighted by molar-refractivity contribution is 5.56. The standard InChI is InChI=1S/C10H13FN2O/c11-7-3-8(12)5-9(4-7)13-10(6-14)1-2-10/h3-5,13-14H,1-2,6,12H2. The molecule has 0 unspecified atom stereocenters. The number of anilines is 2. The van der Waals surface area contributed by atoms with Crippen molar-refractivity contribution in [2.75, 3.05) is 17.7 Å². The van der Waals surface area contributed by atoms with Gasteiger partial charge in [-0.05, 0) is 31.0 Å². The predicted octanol–water partition coefficient (Wildman–Crippen LogP) is 1.34. The Morgan fingerprint density at radius 2 is 2.14 bits per heavy atom. The van der Waals surface area contributed by atoms with Gasteiger partial charge in [0.1, 0.15) is 5.82 Å². The molecule has 0 atom stereocenters. The molecule has 2 rings (SSSR count). The second kappa shape index (κ2) is 3.13. The van der Waals surface area contributed by atoms with Crippen LogP contribution in [-0.2, 0) is 0 Å². The molecule has 1 aromatic carbocycles. The van der Waals surface area contributed by atoms with Crippen LogP contribution in [0, 0.1) is 5.82 Å². The number of rotatable bonds is 3. The first-order valence-corrected chi connectivity index (χ1v) is 4.59. The van der Waals surface area contributed by atoms with Crippen molar-refractivity contribution in [3.8, 4) is 0 Å². The van der Waals surface area contributed by atoms with Gasteiger partial charge in [0.25, 0.3) is 0 Å². The Bertz CT molecular complexity index is 330. The lowest BCUT2D eigenvalue weighted by Gasteiger charge is -2.16. The number of halogens is 1. The maximum absolute atomic E-state index is 12.9. The Morgan fingerprint density at radius 1 is 1.43 bits per heavy atom. The number of aliphatic hydroxyl groups is 1. The molecule has 1 fully saturated rings. The van der Waals surface area contributed by atoms with Crippen molar-refractivity contribution in [1.82, 2.24) is 0 Å². The van der Waals surface area contributed by atoms with Crippen LogP contribution in [0.1, 0.15) is 12.8 Å². The lowest BCUT2D eigenvalue weighted by molar-refractivity contribution is 0.266. The summed E-state index contributed by atoms with van der Waals surface area (Å²) in [6.07, 6.45) is 1.83. The third-order valence-corrected chi connectivity index (χ3v) is 2.49.